The highest BCUT2D eigenvalue weighted by molar-refractivity contribution is 5.33. The van der Waals surface area contributed by atoms with Crippen molar-refractivity contribution in [2.24, 2.45) is 0 Å². The highest BCUT2D eigenvalue weighted by Crippen LogP contribution is 2.30. The largest absolute Gasteiger partial charge is 0.373 e. The normalized spacial score (nSPS) is 15.1. The summed E-state index contributed by atoms with van der Waals surface area (Å²) in [5.41, 5.74) is 4.78. The average molecular weight is 416 g/mol. The van der Waals surface area contributed by atoms with Crippen LogP contribution in [0.3, 0.4) is 0 Å². The molecular weight excluding hydrogens is 388 g/mol. The Bertz CT molecular complexity index is 975. The molecule has 1 nitrogen and oxygen atoms in total. The van der Waals surface area contributed by atoms with Crippen molar-refractivity contribution in [1.29, 1.82) is 0 Å². The predicted molar refractivity (Wildman–Crippen MR) is 123 cm³/mol. The van der Waals surface area contributed by atoms with Crippen LogP contribution in [0.1, 0.15) is 41.9 Å². The van der Waals surface area contributed by atoms with Gasteiger partial charge in [0.25, 0.3) is 0 Å². The smallest absolute Gasteiger partial charge is 0.123 e. The van der Waals surface area contributed by atoms with E-state index in [9.17, 15) is 8.78 Å². The molecule has 0 N–H and O–H groups in total. The van der Waals surface area contributed by atoms with E-state index in [4.69, 9.17) is 0 Å². The summed E-state index contributed by atoms with van der Waals surface area (Å²) in [5, 5.41) is 0. The summed E-state index contributed by atoms with van der Waals surface area (Å²) < 4.78 is 26.8. The van der Waals surface area contributed by atoms with Crippen LogP contribution in [-0.2, 0) is 6.54 Å². The summed E-state index contributed by atoms with van der Waals surface area (Å²) >= 11 is 0. The minimum absolute atomic E-state index is 0.111. The molecule has 0 saturated carbocycles. The number of rotatable bonds is 7. The van der Waals surface area contributed by atoms with Crippen LogP contribution >= 0.6 is 0 Å². The highest BCUT2D eigenvalue weighted by Gasteiger charge is 2.15. The third kappa shape index (κ3) is 5.91. The number of halogens is 2. The second-order valence-electron chi connectivity index (χ2n) is 8.03. The van der Waals surface area contributed by atoms with Crippen molar-refractivity contribution in [3.63, 3.8) is 0 Å². The Morgan fingerprint density at radius 3 is 1.97 bits per heavy atom. The van der Waals surface area contributed by atoms with Gasteiger partial charge in [0.05, 0.1) is 0 Å². The fourth-order valence-electron chi connectivity index (χ4n) is 4.10. The van der Waals surface area contributed by atoms with E-state index in [-0.39, 0.29) is 17.6 Å². The maximum atomic E-state index is 13.4. The summed E-state index contributed by atoms with van der Waals surface area (Å²) in [6, 6.07) is 23.8. The van der Waals surface area contributed by atoms with Crippen molar-refractivity contribution in [1.82, 2.24) is 4.90 Å². The molecule has 31 heavy (non-hydrogen) atoms. The molecule has 1 heterocycles. The van der Waals surface area contributed by atoms with Crippen LogP contribution in [0, 0.1) is 11.6 Å². The van der Waals surface area contributed by atoms with E-state index in [0.717, 1.165) is 43.5 Å². The Hall–Kier alpha value is -3.20. The van der Waals surface area contributed by atoms with Crippen LogP contribution in [0.4, 0.5) is 8.78 Å². The molecule has 0 unspecified atom stereocenters. The quantitative estimate of drug-likeness (QED) is 0.394. The lowest BCUT2D eigenvalue weighted by atomic mass is 9.87. The molecule has 0 fully saturated rings. The molecule has 0 aliphatic carbocycles. The van der Waals surface area contributed by atoms with E-state index in [1.165, 1.54) is 35.4 Å². The molecule has 158 valence electrons. The van der Waals surface area contributed by atoms with Crippen LogP contribution in [0.2, 0.25) is 0 Å². The van der Waals surface area contributed by atoms with Gasteiger partial charge in [0.1, 0.15) is 11.6 Å². The molecule has 0 saturated heterocycles. The number of hydrogen-bond acceptors (Lipinski definition) is 1. The molecule has 0 aromatic heterocycles. The van der Waals surface area contributed by atoms with Gasteiger partial charge in [0.15, 0.2) is 0 Å². The maximum absolute atomic E-state index is 13.4. The van der Waals surface area contributed by atoms with Crippen LogP contribution < -0.4 is 0 Å². The van der Waals surface area contributed by atoms with Gasteiger partial charge in [-0.2, -0.15) is 0 Å². The Morgan fingerprint density at radius 2 is 1.42 bits per heavy atom. The van der Waals surface area contributed by atoms with E-state index < -0.39 is 0 Å². The standard InChI is InChI=1S/C28H27F2N/c29-26-13-9-24(10-14-26)28(25-11-15-27(30)16-12-25)8-4-7-22-17-19-31(20-18-22)21-23-5-2-1-3-6-23/h1-3,5-7,9-17,19,28H,4,8,18,20-21H2. The van der Waals surface area contributed by atoms with Crippen molar-refractivity contribution < 1.29 is 8.78 Å². The van der Waals surface area contributed by atoms with Gasteiger partial charge in [0.2, 0.25) is 0 Å². The zero-order chi connectivity index (χ0) is 21.5. The summed E-state index contributed by atoms with van der Waals surface area (Å²) in [4.78, 5) is 2.34. The zero-order valence-electron chi connectivity index (χ0n) is 17.6. The highest BCUT2D eigenvalue weighted by atomic mass is 19.1. The average Bonchev–Trinajstić information content (AvgIpc) is 2.80. The molecule has 3 aromatic carbocycles. The Morgan fingerprint density at radius 1 is 0.806 bits per heavy atom. The molecule has 0 spiro atoms. The fourth-order valence-corrected chi connectivity index (χ4v) is 4.10. The Kier molecular flexibility index (Phi) is 6.93. The lowest BCUT2D eigenvalue weighted by Crippen LogP contribution is -2.21. The lowest BCUT2D eigenvalue weighted by Gasteiger charge is -2.25. The Balaban J connectivity index is 1.40. The number of nitrogens with zero attached hydrogens (tertiary/aromatic N) is 1. The van der Waals surface area contributed by atoms with Gasteiger partial charge in [-0.05, 0) is 78.1 Å². The minimum atomic E-state index is -0.240. The molecular formula is C28H27F2N. The second-order valence-corrected chi connectivity index (χ2v) is 8.03. The molecule has 0 amide bonds. The van der Waals surface area contributed by atoms with Crippen molar-refractivity contribution in [3.05, 3.63) is 131 Å². The zero-order valence-corrected chi connectivity index (χ0v) is 17.6. The monoisotopic (exact) mass is 415 g/mol. The molecule has 4 rings (SSSR count). The summed E-state index contributed by atoms with van der Waals surface area (Å²) in [6.07, 6.45) is 9.52. The molecule has 1 aliphatic heterocycles. The molecule has 3 aromatic rings. The Labute approximate surface area is 183 Å². The third-order valence-electron chi connectivity index (χ3n) is 5.82. The van der Waals surface area contributed by atoms with Crippen LogP contribution in [0.15, 0.2) is 103 Å². The molecule has 1 aliphatic rings. The SMILES string of the molecule is Fc1ccc(C(CCC=C2C=CN(Cc3ccccc3)CC2)c2ccc(F)cc2)cc1. The predicted octanol–water partition coefficient (Wildman–Crippen LogP) is 7.22. The number of allylic oxidation sites excluding steroid dienone is 2. The van der Waals surface area contributed by atoms with E-state index >= 15 is 0 Å². The fraction of sp³-hybridized carbons (Fsp3) is 0.214. The molecule has 0 radical (unpaired) electrons. The van der Waals surface area contributed by atoms with Crippen LogP contribution in [0.5, 0.6) is 0 Å². The lowest BCUT2D eigenvalue weighted by molar-refractivity contribution is 0.364. The van der Waals surface area contributed by atoms with Gasteiger partial charge in [-0.3, -0.25) is 0 Å². The summed E-state index contributed by atoms with van der Waals surface area (Å²) in [7, 11) is 0. The second kappa shape index (κ2) is 10.2. The maximum Gasteiger partial charge on any atom is 0.123 e. The van der Waals surface area contributed by atoms with Crippen LogP contribution in [0.25, 0.3) is 0 Å². The van der Waals surface area contributed by atoms with Gasteiger partial charge >= 0.3 is 0 Å². The van der Waals surface area contributed by atoms with Gasteiger partial charge in [0, 0.05) is 19.0 Å². The first-order chi connectivity index (χ1) is 15.2. The molecule has 3 heteroatoms. The van der Waals surface area contributed by atoms with E-state index in [0.29, 0.717) is 0 Å². The van der Waals surface area contributed by atoms with Gasteiger partial charge in [-0.25, -0.2) is 8.78 Å². The topological polar surface area (TPSA) is 3.24 Å². The molecule has 0 atom stereocenters. The first kappa shape index (κ1) is 21.0. The minimum Gasteiger partial charge on any atom is -0.373 e. The first-order valence-electron chi connectivity index (χ1n) is 10.8. The van der Waals surface area contributed by atoms with Crippen molar-refractivity contribution in [2.45, 2.75) is 31.7 Å². The van der Waals surface area contributed by atoms with E-state index in [1.807, 2.05) is 30.3 Å². The van der Waals surface area contributed by atoms with Crippen molar-refractivity contribution in [3.8, 4) is 0 Å². The van der Waals surface area contributed by atoms with Gasteiger partial charge in [-0.15, -0.1) is 0 Å². The molecule has 0 bridgehead atoms. The third-order valence-corrected chi connectivity index (χ3v) is 5.82. The van der Waals surface area contributed by atoms with E-state index in [1.54, 1.807) is 0 Å². The number of benzene rings is 3. The summed E-state index contributed by atoms with van der Waals surface area (Å²) in [5.74, 6) is -0.368. The van der Waals surface area contributed by atoms with Gasteiger partial charge in [-0.1, -0.05) is 60.7 Å². The van der Waals surface area contributed by atoms with Crippen molar-refractivity contribution >= 4 is 0 Å². The first-order valence-corrected chi connectivity index (χ1v) is 10.8. The van der Waals surface area contributed by atoms with Gasteiger partial charge < -0.3 is 4.90 Å². The van der Waals surface area contributed by atoms with Crippen LogP contribution in [-0.4, -0.2) is 11.4 Å². The summed E-state index contributed by atoms with van der Waals surface area (Å²) in [6.45, 7) is 1.94. The van der Waals surface area contributed by atoms with Crippen molar-refractivity contribution in [2.75, 3.05) is 6.54 Å². The van der Waals surface area contributed by atoms with E-state index in [2.05, 4.69) is 47.5 Å². The number of hydrogen-bond donors (Lipinski definition) is 0.